The first-order valence-corrected chi connectivity index (χ1v) is 5.91. The number of rotatable bonds is 3. The van der Waals surface area contributed by atoms with E-state index in [0.29, 0.717) is 6.54 Å². The number of hydrogen-bond acceptors (Lipinski definition) is 4. The lowest BCUT2D eigenvalue weighted by molar-refractivity contribution is -0.141. The van der Waals surface area contributed by atoms with E-state index in [-0.39, 0.29) is 12.0 Å². The number of carbonyl (C=O) groups is 1. The maximum absolute atomic E-state index is 11.4. The van der Waals surface area contributed by atoms with Crippen molar-refractivity contribution >= 4 is 11.7 Å². The average Bonchev–Trinajstić information content (AvgIpc) is 2.37. The van der Waals surface area contributed by atoms with E-state index in [1.807, 2.05) is 6.07 Å². The Morgan fingerprint density at radius 3 is 3.12 bits per heavy atom. The molecule has 0 spiro atoms. The third-order valence-electron chi connectivity index (χ3n) is 3.12. The van der Waals surface area contributed by atoms with E-state index in [9.17, 15) is 4.79 Å². The van der Waals surface area contributed by atoms with E-state index < -0.39 is 0 Å². The van der Waals surface area contributed by atoms with Crippen molar-refractivity contribution in [1.82, 2.24) is 0 Å². The molecule has 0 saturated carbocycles. The minimum Gasteiger partial charge on any atom is -0.467 e. The van der Waals surface area contributed by atoms with Crippen LogP contribution in [0.2, 0.25) is 0 Å². The minimum absolute atomic E-state index is 0.193. The summed E-state index contributed by atoms with van der Waals surface area (Å²) in [7, 11) is 1.42. The van der Waals surface area contributed by atoms with Gasteiger partial charge >= 0.3 is 5.97 Å². The summed E-state index contributed by atoms with van der Waals surface area (Å²) >= 11 is 0. The largest absolute Gasteiger partial charge is 0.467 e. The van der Waals surface area contributed by atoms with Gasteiger partial charge < -0.3 is 15.8 Å². The zero-order chi connectivity index (χ0) is 12.3. The van der Waals surface area contributed by atoms with E-state index in [4.69, 9.17) is 10.5 Å². The Hall–Kier alpha value is -1.55. The summed E-state index contributed by atoms with van der Waals surface area (Å²) in [5.74, 6) is -0.193. The van der Waals surface area contributed by atoms with Crippen LogP contribution in [0.4, 0.5) is 5.69 Å². The molecule has 0 fully saturated rings. The second-order valence-corrected chi connectivity index (χ2v) is 4.29. The van der Waals surface area contributed by atoms with Crippen LogP contribution in [0.1, 0.15) is 17.5 Å². The number of nitrogens with two attached hydrogens (primary N) is 1. The number of fused-ring (bicyclic) bond motifs is 1. The van der Waals surface area contributed by atoms with Crippen molar-refractivity contribution in [3.05, 3.63) is 29.3 Å². The number of carbonyl (C=O) groups excluding carboxylic acids is 1. The van der Waals surface area contributed by atoms with Gasteiger partial charge in [-0.3, -0.25) is 0 Å². The fourth-order valence-electron chi connectivity index (χ4n) is 2.20. The lowest BCUT2D eigenvalue weighted by Crippen LogP contribution is -2.34. The van der Waals surface area contributed by atoms with Gasteiger partial charge in [-0.05, 0) is 43.0 Å². The summed E-state index contributed by atoms with van der Waals surface area (Å²) in [4.78, 5) is 11.4. The van der Waals surface area contributed by atoms with E-state index in [1.54, 1.807) is 0 Å². The molecule has 1 heterocycles. The van der Waals surface area contributed by atoms with E-state index in [0.717, 1.165) is 24.9 Å². The fraction of sp³-hybridized carbons (Fsp3) is 0.462. The fourth-order valence-corrected chi connectivity index (χ4v) is 2.20. The molecule has 1 unspecified atom stereocenters. The van der Waals surface area contributed by atoms with Gasteiger partial charge in [0.1, 0.15) is 6.04 Å². The van der Waals surface area contributed by atoms with Crippen LogP contribution in [-0.4, -0.2) is 25.7 Å². The van der Waals surface area contributed by atoms with Crippen molar-refractivity contribution in [3.8, 4) is 0 Å². The van der Waals surface area contributed by atoms with Crippen LogP contribution in [0, 0.1) is 0 Å². The van der Waals surface area contributed by atoms with Gasteiger partial charge in [0.25, 0.3) is 0 Å². The van der Waals surface area contributed by atoms with Gasteiger partial charge in [0.2, 0.25) is 0 Å². The first-order chi connectivity index (χ1) is 8.24. The standard InChI is InChI=1S/C13H18N2O2/c1-17-13(16)12-5-3-10-8-9(6-7-14)2-4-11(10)15-12/h2,4,8,12,15H,3,5-7,14H2,1H3. The Morgan fingerprint density at radius 1 is 1.59 bits per heavy atom. The smallest absolute Gasteiger partial charge is 0.328 e. The summed E-state index contributed by atoms with van der Waals surface area (Å²) in [6.07, 6.45) is 2.58. The highest BCUT2D eigenvalue weighted by molar-refractivity contribution is 5.80. The third-order valence-corrected chi connectivity index (χ3v) is 3.12. The molecule has 1 aliphatic heterocycles. The molecule has 1 aliphatic rings. The second kappa shape index (κ2) is 5.19. The van der Waals surface area contributed by atoms with Crippen molar-refractivity contribution < 1.29 is 9.53 Å². The van der Waals surface area contributed by atoms with Crippen LogP contribution >= 0.6 is 0 Å². The average molecular weight is 234 g/mol. The summed E-state index contributed by atoms with van der Waals surface area (Å²) in [6.45, 7) is 0.664. The molecule has 0 aliphatic carbocycles. The van der Waals surface area contributed by atoms with Crippen molar-refractivity contribution in [2.75, 3.05) is 19.0 Å². The molecule has 3 N–H and O–H groups in total. The molecular weight excluding hydrogens is 216 g/mol. The molecule has 0 saturated heterocycles. The van der Waals surface area contributed by atoms with Crippen LogP contribution in [-0.2, 0) is 22.4 Å². The summed E-state index contributed by atoms with van der Waals surface area (Å²) in [5.41, 5.74) is 9.09. The highest BCUT2D eigenvalue weighted by Gasteiger charge is 2.24. The summed E-state index contributed by atoms with van der Waals surface area (Å²) in [5, 5.41) is 3.21. The maximum Gasteiger partial charge on any atom is 0.328 e. The Kier molecular flexibility index (Phi) is 3.64. The van der Waals surface area contributed by atoms with Gasteiger partial charge in [-0.2, -0.15) is 0 Å². The summed E-state index contributed by atoms with van der Waals surface area (Å²) < 4.78 is 4.75. The van der Waals surface area contributed by atoms with Crippen LogP contribution in [0.15, 0.2) is 18.2 Å². The molecular formula is C13H18N2O2. The van der Waals surface area contributed by atoms with Gasteiger partial charge in [0.05, 0.1) is 7.11 Å². The van der Waals surface area contributed by atoms with Crippen molar-refractivity contribution in [3.63, 3.8) is 0 Å². The Bertz CT molecular complexity index is 418. The number of esters is 1. The quantitative estimate of drug-likeness (QED) is 0.768. The van der Waals surface area contributed by atoms with E-state index in [1.165, 1.54) is 18.2 Å². The van der Waals surface area contributed by atoms with Crippen LogP contribution in [0.5, 0.6) is 0 Å². The zero-order valence-corrected chi connectivity index (χ0v) is 10.0. The predicted molar refractivity (Wildman–Crippen MR) is 66.9 cm³/mol. The minimum atomic E-state index is -0.215. The zero-order valence-electron chi connectivity index (χ0n) is 10.0. The molecule has 2 rings (SSSR count). The first-order valence-electron chi connectivity index (χ1n) is 5.91. The van der Waals surface area contributed by atoms with Crippen LogP contribution in [0.25, 0.3) is 0 Å². The molecule has 4 nitrogen and oxygen atoms in total. The number of nitrogens with one attached hydrogen (secondary N) is 1. The first kappa shape index (κ1) is 11.9. The van der Waals surface area contributed by atoms with Crippen molar-refractivity contribution in [1.29, 1.82) is 0 Å². The van der Waals surface area contributed by atoms with Crippen LogP contribution in [0.3, 0.4) is 0 Å². The predicted octanol–water partition coefficient (Wildman–Crippen LogP) is 1.09. The van der Waals surface area contributed by atoms with Crippen molar-refractivity contribution in [2.45, 2.75) is 25.3 Å². The molecule has 1 atom stereocenters. The molecule has 0 bridgehead atoms. The maximum atomic E-state index is 11.4. The molecule has 1 aromatic carbocycles. The molecule has 1 aromatic rings. The molecule has 0 amide bonds. The molecule has 92 valence electrons. The number of ether oxygens (including phenoxy) is 1. The number of anilines is 1. The Morgan fingerprint density at radius 2 is 2.41 bits per heavy atom. The Labute approximate surface area is 101 Å². The molecule has 4 heteroatoms. The highest BCUT2D eigenvalue weighted by Crippen LogP contribution is 2.26. The Balaban J connectivity index is 2.14. The number of benzene rings is 1. The van der Waals surface area contributed by atoms with E-state index >= 15 is 0 Å². The number of methoxy groups -OCH3 is 1. The van der Waals surface area contributed by atoms with Gasteiger partial charge in [-0.15, -0.1) is 0 Å². The van der Waals surface area contributed by atoms with Gasteiger partial charge in [0, 0.05) is 5.69 Å². The molecule has 0 aromatic heterocycles. The second-order valence-electron chi connectivity index (χ2n) is 4.29. The van der Waals surface area contributed by atoms with E-state index in [2.05, 4.69) is 17.4 Å². The highest BCUT2D eigenvalue weighted by atomic mass is 16.5. The number of aryl methyl sites for hydroxylation is 1. The lowest BCUT2D eigenvalue weighted by atomic mass is 9.95. The lowest BCUT2D eigenvalue weighted by Gasteiger charge is -2.25. The molecule has 17 heavy (non-hydrogen) atoms. The topological polar surface area (TPSA) is 64.3 Å². The normalized spacial score (nSPS) is 18.1. The summed E-state index contributed by atoms with van der Waals surface area (Å²) in [6, 6.07) is 6.03. The number of hydrogen-bond donors (Lipinski definition) is 2. The SMILES string of the molecule is COC(=O)C1CCc2cc(CCN)ccc2N1. The van der Waals surface area contributed by atoms with Crippen LogP contribution < -0.4 is 11.1 Å². The van der Waals surface area contributed by atoms with Crippen molar-refractivity contribution in [2.24, 2.45) is 5.73 Å². The molecule has 0 radical (unpaired) electrons. The van der Waals surface area contributed by atoms with Gasteiger partial charge in [-0.25, -0.2) is 4.79 Å². The van der Waals surface area contributed by atoms with Gasteiger partial charge in [-0.1, -0.05) is 12.1 Å². The third kappa shape index (κ3) is 2.58. The monoisotopic (exact) mass is 234 g/mol. The van der Waals surface area contributed by atoms with Gasteiger partial charge in [0.15, 0.2) is 0 Å².